The van der Waals surface area contributed by atoms with Gasteiger partial charge < -0.3 is 4.90 Å². The molecule has 24 heavy (non-hydrogen) atoms. The van der Waals surface area contributed by atoms with Gasteiger partial charge in [0.15, 0.2) is 0 Å². The lowest BCUT2D eigenvalue weighted by Gasteiger charge is -2.26. The minimum Gasteiger partial charge on any atom is -0.337 e. The van der Waals surface area contributed by atoms with Crippen LogP contribution in [-0.4, -0.2) is 68.1 Å². The fourth-order valence-corrected chi connectivity index (χ4v) is 3.92. The first-order chi connectivity index (χ1) is 11.7. The summed E-state index contributed by atoms with van der Waals surface area (Å²) in [5, 5.41) is 11.5. The second kappa shape index (κ2) is 6.49. The maximum Gasteiger partial charge on any atom is 0.255 e. The molecule has 0 saturated carbocycles. The molecule has 1 aromatic heterocycles. The number of benzene rings is 1. The van der Waals surface area contributed by atoms with E-state index in [1.54, 1.807) is 12.1 Å². The molecule has 1 aromatic carbocycles. The maximum atomic E-state index is 12.9. The number of hydrogen-bond donors (Lipinski definition) is 0. The van der Waals surface area contributed by atoms with Crippen LogP contribution in [0.2, 0.25) is 5.02 Å². The first-order valence-electron chi connectivity index (χ1n) is 8.28. The molecule has 2 saturated heterocycles. The Hall–Kier alpha value is -1.99. The lowest BCUT2D eigenvalue weighted by Crippen LogP contribution is -2.39. The van der Waals surface area contributed by atoms with Crippen molar-refractivity contribution in [1.29, 1.82) is 0 Å². The van der Waals surface area contributed by atoms with Crippen molar-refractivity contribution in [2.24, 2.45) is 0 Å². The van der Waals surface area contributed by atoms with Crippen LogP contribution in [0, 0.1) is 0 Å². The fourth-order valence-electron chi connectivity index (χ4n) is 3.66. The summed E-state index contributed by atoms with van der Waals surface area (Å²) < 4.78 is 1.52. The highest BCUT2D eigenvalue weighted by Gasteiger charge is 2.31. The molecular weight excluding hydrogens is 328 g/mol. The summed E-state index contributed by atoms with van der Waals surface area (Å²) >= 11 is 6.37. The zero-order chi connectivity index (χ0) is 16.5. The van der Waals surface area contributed by atoms with Crippen molar-refractivity contribution in [3.05, 3.63) is 35.1 Å². The number of rotatable bonds is 2. The smallest absolute Gasteiger partial charge is 0.255 e. The van der Waals surface area contributed by atoms with E-state index in [1.165, 1.54) is 23.9 Å². The van der Waals surface area contributed by atoms with Crippen LogP contribution in [-0.2, 0) is 0 Å². The van der Waals surface area contributed by atoms with E-state index in [-0.39, 0.29) is 5.91 Å². The molecule has 7 nitrogen and oxygen atoms in total. The van der Waals surface area contributed by atoms with Crippen molar-refractivity contribution < 1.29 is 4.79 Å². The van der Waals surface area contributed by atoms with Crippen LogP contribution in [0.3, 0.4) is 0 Å². The highest BCUT2D eigenvalue weighted by atomic mass is 35.5. The topological polar surface area (TPSA) is 67.2 Å². The predicted molar refractivity (Wildman–Crippen MR) is 89.3 cm³/mol. The lowest BCUT2D eigenvalue weighted by molar-refractivity contribution is 0.0743. The summed E-state index contributed by atoms with van der Waals surface area (Å²) in [5.41, 5.74) is 1.28. The van der Waals surface area contributed by atoms with Crippen molar-refractivity contribution in [1.82, 2.24) is 30.0 Å². The van der Waals surface area contributed by atoms with Crippen molar-refractivity contribution in [2.45, 2.75) is 25.3 Å². The van der Waals surface area contributed by atoms with E-state index in [0.29, 0.717) is 16.6 Å². The largest absolute Gasteiger partial charge is 0.337 e. The van der Waals surface area contributed by atoms with Gasteiger partial charge in [0.1, 0.15) is 6.33 Å². The molecule has 0 aliphatic carbocycles. The normalized spacial score (nSPS) is 21.5. The number of tetrazole rings is 1. The average molecular weight is 347 g/mol. The minimum atomic E-state index is 0.0111. The molecule has 3 heterocycles. The van der Waals surface area contributed by atoms with Gasteiger partial charge in [-0.25, -0.2) is 4.68 Å². The van der Waals surface area contributed by atoms with Gasteiger partial charge in [-0.15, -0.1) is 5.10 Å². The summed E-state index contributed by atoms with van der Waals surface area (Å²) in [5.74, 6) is 0.0111. The molecule has 0 unspecified atom stereocenters. The second-order valence-electron chi connectivity index (χ2n) is 6.36. The number of aromatic nitrogens is 4. The van der Waals surface area contributed by atoms with Gasteiger partial charge in [0.25, 0.3) is 5.91 Å². The van der Waals surface area contributed by atoms with Crippen LogP contribution in [0.25, 0.3) is 5.69 Å². The van der Waals surface area contributed by atoms with Crippen LogP contribution in [0.1, 0.15) is 29.6 Å². The summed E-state index contributed by atoms with van der Waals surface area (Å²) in [7, 11) is 0. The molecule has 8 heteroatoms. The Morgan fingerprint density at radius 1 is 1.21 bits per heavy atom. The van der Waals surface area contributed by atoms with Gasteiger partial charge in [0.2, 0.25) is 0 Å². The summed E-state index contributed by atoms with van der Waals surface area (Å²) in [4.78, 5) is 17.4. The standard InChI is InChI=1S/C16H19ClN6O/c17-15-9-12(23-11-18-19-20-23)4-5-14(15)16(24)22-8-2-7-21-6-1-3-13(21)10-22/h4-5,9,11,13H,1-3,6-8,10H2/t13-/m0/s1. The molecule has 1 atom stereocenters. The molecule has 0 spiro atoms. The van der Waals surface area contributed by atoms with E-state index in [0.717, 1.165) is 38.3 Å². The van der Waals surface area contributed by atoms with E-state index in [4.69, 9.17) is 11.6 Å². The molecule has 0 radical (unpaired) electrons. The van der Waals surface area contributed by atoms with Gasteiger partial charge in [0, 0.05) is 25.7 Å². The van der Waals surface area contributed by atoms with Crippen LogP contribution in [0.15, 0.2) is 24.5 Å². The number of amides is 1. The Morgan fingerprint density at radius 2 is 2.08 bits per heavy atom. The van der Waals surface area contributed by atoms with Gasteiger partial charge in [0.05, 0.1) is 16.3 Å². The highest BCUT2D eigenvalue weighted by Crippen LogP contribution is 2.25. The number of halogens is 1. The van der Waals surface area contributed by atoms with E-state index in [2.05, 4.69) is 20.4 Å². The molecule has 2 fully saturated rings. The zero-order valence-electron chi connectivity index (χ0n) is 13.3. The molecule has 2 aromatic rings. The molecule has 0 N–H and O–H groups in total. The highest BCUT2D eigenvalue weighted by molar-refractivity contribution is 6.34. The molecule has 2 aliphatic rings. The van der Waals surface area contributed by atoms with Crippen molar-refractivity contribution in [3.8, 4) is 5.69 Å². The monoisotopic (exact) mass is 346 g/mol. The Kier molecular flexibility index (Phi) is 4.20. The Bertz CT molecular complexity index is 734. The van der Waals surface area contributed by atoms with E-state index >= 15 is 0 Å². The second-order valence-corrected chi connectivity index (χ2v) is 6.76. The Morgan fingerprint density at radius 3 is 2.88 bits per heavy atom. The maximum absolute atomic E-state index is 12.9. The van der Waals surface area contributed by atoms with Gasteiger partial charge in [-0.3, -0.25) is 9.69 Å². The number of fused-ring (bicyclic) bond motifs is 1. The lowest BCUT2D eigenvalue weighted by atomic mass is 10.1. The van der Waals surface area contributed by atoms with Crippen LogP contribution >= 0.6 is 11.6 Å². The van der Waals surface area contributed by atoms with Crippen molar-refractivity contribution >= 4 is 17.5 Å². The first kappa shape index (κ1) is 15.5. The number of carbonyl (C=O) groups excluding carboxylic acids is 1. The molecule has 0 bridgehead atoms. The van der Waals surface area contributed by atoms with E-state index in [9.17, 15) is 4.79 Å². The summed E-state index contributed by atoms with van der Waals surface area (Å²) in [6, 6.07) is 5.80. The molecular formula is C16H19ClN6O. The predicted octanol–water partition coefficient (Wildman–Crippen LogP) is 1.63. The third-order valence-electron chi connectivity index (χ3n) is 4.89. The van der Waals surface area contributed by atoms with Gasteiger partial charge in [-0.05, 0) is 54.4 Å². The van der Waals surface area contributed by atoms with E-state index < -0.39 is 0 Å². The van der Waals surface area contributed by atoms with Gasteiger partial charge in [-0.2, -0.15) is 0 Å². The van der Waals surface area contributed by atoms with Crippen LogP contribution in [0.4, 0.5) is 0 Å². The summed E-state index contributed by atoms with van der Waals surface area (Å²) in [6.07, 6.45) is 4.92. The molecule has 126 valence electrons. The third kappa shape index (κ3) is 2.89. The van der Waals surface area contributed by atoms with Crippen LogP contribution in [0.5, 0.6) is 0 Å². The van der Waals surface area contributed by atoms with Gasteiger partial charge in [-0.1, -0.05) is 11.6 Å². The minimum absolute atomic E-state index is 0.0111. The molecule has 2 aliphatic heterocycles. The average Bonchev–Trinajstić information content (AvgIpc) is 3.23. The first-order valence-corrected chi connectivity index (χ1v) is 8.66. The molecule has 4 rings (SSSR count). The number of carbonyl (C=O) groups is 1. The quantitative estimate of drug-likeness (QED) is 0.826. The summed E-state index contributed by atoms with van der Waals surface area (Å²) in [6.45, 7) is 3.83. The Labute approximate surface area is 145 Å². The zero-order valence-corrected chi connectivity index (χ0v) is 14.1. The van der Waals surface area contributed by atoms with Crippen LogP contribution < -0.4 is 0 Å². The molecule has 1 amide bonds. The Balaban J connectivity index is 1.55. The number of hydrogen-bond acceptors (Lipinski definition) is 5. The van der Waals surface area contributed by atoms with E-state index in [1.807, 2.05) is 11.0 Å². The number of nitrogens with zero attached hydrogens (tertiary/aromatic N) is 6. The third-order valence-corrected chi connectivity index (χ3v) is 5.20. The van der Waals surface area contributed by atoms with Crippen molar-refractivity contribution in [2.75, 3.05) is 26.2 Å². The fraction of sp³-hybridized carbons (Fsp3) is 0.500. The van der Waals surface area contributed by atoms with Crippen molar-refractivity contribution in [3.63, 3.8) is 0 Å². The SMILES string of the molecule is O=C(c1ccc(-n2cnnn2)cc1Cl)N1CCCN2CCC[C@H]2C1. The van der Waals surface area contributed by atoms with Gasteiger partial charge >= 0.3 is 0 Å².